The quantitative estimate of drug-likeness (QED) is 0.663. The molecule has 134 valence electrons. The smallest absolute Gasteiger partial charge is 0.478 e. The molecule has 2 heterocycles. The molecule has 4 nitrogen and oxygen atoms in total. The molecule has 2 aliphatic heterocycles. The van der Waals surface area contributed by atoms with E-state index >= 15 is 0 Å². The number of carboxylic acids is 1. The Hall–Kier alpha value is -1.41. The minimum atomic E-state index is -0.907. The fraction of sp³-hybridized carbons (Fsp3) is 0.316. The van der Waals surface area contributed by atoms with Gasteiger partial charge in [-0.2, -0.15) is 0 Å². The van der Waals surface area contributed by atoms with Gasteiger partial charge >= 0.3 is 13.1 Å². The first-order valence-electron chi connectivity index (χ1n) is 8.39. The van der Waals surface area contributed by atoms with E-state index < -0.39 is 13.1 Å². The number of benzene rings is 2. The Morgan fingerprint density at radius 2 is 1.65 bits per heavy atom. The van der Waals surface area contributed by atoms with Crippen molar-refractivity contribution in [2.45, 2.75) is 58.5 Å². The molecule has 0 radical (unpaired) electrons. The molecule has 7 heteroatoms. The van der Waals surface area contributed by atoms with Crippen molar-refractivity contribution in [1.82, 2.24) is 0 Å². The average Bonchev–Trinajstić information content (AvgIpc) is 2.79. The number of hydrogen-bond acceptors (Lipinski definition) is 5. The van der Waals surface area contributed by atoms with Gasteiger partial charge in [0.2, 0.25) is 0 Å². The number of fused-ring (bicyclic) bond motifs is 2. The Balaban J connectivity index is 1.71. The summed E-state index contributed by atoms with van der Waals surface area (Å²) in [6, 6.07) is 11.4. The van der Waals surface area contributed by atoms with Gasteiger partial charge in [-0.1, -0.05) is 35.7 Å². The van der Waals surface area contributed by atoms with Crippen LogP contribution in [-0.4, -0.2) is 29.4 Å². The molecule has 4 rings (SSSR count). The van der Waals surface area contributed by atoms with Gasteiger partial charge in [-0.05, 0) is 57.4 Å². The van der Waals surface area contributed by atoms with E-state index in [1.165, 1.54) is 0 Å². The second kappa shape index (κ2) is 6.06. The molecule has 0 unspecified atom stereocenters. The monoisotopic (exact) mass is 386 g/mol. The van der Waals surface area contributed by atoms with E-state index in [-0.39, 0.29) is 11.2 Å². The Morgan fingerprint density at radius 1 is 0.962 bits per heavy atom. The summed E-state index contributed by atoms with van der Waals surface area (Å²) in [7, 11) is -0.414. The van der Waals surface area contributed by atoms with Gasteiger partial charge in [0, 0.05) is 19.6 Å². The van der Waals surface area contributed by atoms with Gasteiger partial charge in [0.15, 0.2) is 0 Å². The topological polar surface area (TPSA) is 55.8 Å². The summed E-state index contributed by atoms with van der Waals surface area (Å²) in [5.41, 5.74) is 0.552. The highest BCUT2D eigenvalue weighted by molar-refractivity contribution is 8.05. The van der Waals surface area contributed by atoms with Crippen LogP contribution < -0.4 is 5.46 Å². The van der Waals surface area contributed by atoms with Gasteiger partial charge in [-0.25, -0.2) is 4.79 Å². The molecule has 0 bridgehead atoms. The molecule has 1 fully saturated rings. The molecule has 0 spiro atoms. The molecular formula is C19H19BO4S2. The molecule has 0 aromatic heterocycles. The highest BCUT2D eigenvalue weighted by Crippen LogP contribution is 2.48. The zero-order valence-electron chi connectivity index (χ0n) is 15.0. The Bertz CT molecular complexity index is 894. The van der Waals surface area contributed by atoms with Gasteiger partial charge in [0.05, 0.1) is 16.8 Å². The summed E-state index contributed by atoms with van der Waals surface area (Å²) in [5, 5.41) is 9.22. The largest absolute Gasteiger partial charge is 0.496 e. The Morgan fingerprint density at radius 3 is 2.31 bits per heavy atom. The van der Waals surface area contributed by atoms with Crippen LogP contribution >= 0.6 is 23.5 Å². The zero-order chi connectivity index (χ0) is 18.7. The predicted molar refractivity (Wildman–Crippen MR) is 104 cm³/mol. The van der Waals surface area contributed by atoms with Crippen molar-refractivity contribution in [2.24, 2.45) is 0 Å². The summed E-state index contributed by atoms with van der Waals surface area (Å²) in [6.07, 6.45) is 0. The minimum absolute atomic E-state index is 0.308. The Kier molecular flexibility index (Phi) is 4.19. The molecule has 1 saturated heterocycles. The lowest BCUT2D eigenvalue weighted by atomic mass is 9.79. The van der Waals surface area contributed by atoms with Crippen molar-refractivity contribution in [3.05, 3.63) is 42.0 Å². The lowest BCUT2D eigenvalue weighted by Gasteiger charge is -2.32. The van der Waals surface area contributed by atoms with E-state index in [9.17, 15) is 9.90 Å². The van der Waals surface area contributed by atoms with Gasteiger partial charge in [-0.3, -0.25) is 0 Å². The second-order valence-corrected chi connectivity index (χ2v) is 9.57. The van der Waals surface area contributed by atoms with Gasteiger partial charge in [0.1, 0.15) is 0 Å². The van der Waals surface area contributed by atoms with E-state index in [0.29, 0.717) is 5.56 Å². The molecular weight excluding hydrogens is 367 g/mol. The first-order chi connectivity index (χ1) is 12.2. The maximum Gasteiger partial charge on any atom is 0.496 e. The van der Waals surface area contributed by atoms with Crippen molar-refractivity contribution in [3.63, 3.8) is 0 Å². The normalized spacial score (nSPS) is 19.8. The van der Waals surface area contributed by atoms with Crippen LogP contribution in [0.5, 0.6) is 0 Å². The van der Waals surface area contributed by atoms with Crippen molar-refractivity contribution < 1.29 is 19.2 Å². The number of rotatable bonds is 2. The third kappa shape index (κ3) is 2.87. The maximum atomic E-state index is 11.2. The van der Waals surface area contributed by atoms with Crippen LogP contribution in [0.25, 0.3) is 0 Å². The van der Waals surface area contributed by atoms with E-state index in [4.69, 9.17) is 9.31 Å². The molecule has 1 N–H and O–H groups in total. The number of carbonyl (C=O) groups is 1. The third-order valence-electron chi connectivity index (χ3n) is 5.14. The molecule has 0 aliphatic carbocycles. The van der Waals surface area contributed by atoms with Crippen LogP contribution in [0.4, 0.5) is 0 Å². The lowest BCUT2D eigenvalue weighted by molar-refractivity contribution is 0.00578. The second-order valence-electron chi connectivity index (χ2n) is 7.43. The Labute approximate surface area is 161 Å². The standard InChI is InChI=1S/C19H19BO4S2/c1-18(2)19(3,4)24-20(23-18)12-6-5-7-14-16(12)26-13-9-8-11(17(21)22)10-15(13)25-14/h5-10H,1-4H3,(H,21,22). The van der Waals surface area contributed by atoms with E-state index in [1.807, 2.05) is 45.9 Å². The van der Waals surface area contributed by atoms with Crippen molar-refractivity contribution in [2.75, 3.05) is 0 Å². The van der Waals surface area contributed by atoms with Crippen molar-refractivity contribution >= 4 is 42.1 Å². The number of hydrogen-bond donors (Lipinski definition) is 1. The van der Waals surface area contributed by atoms with Gasteiger partial charge in [-0.15, -0.1) is 0 Å². The molecule has 0 amide bonds. The minimum Gasteiger partial charge on any atom is -0.478 e. The summed E-state index contributed by atoms with van der Waals surface area (Å²) >= 11 is 3.23. The third-order valence-corrected chi connectivity index (χ3v) is 7.75. The molecule has 2 aliphatic rings. The van der Waals surface area contributed by atoms with E-state index in [0.717, 1.165) is 25.0 Å². The molecule has 26 heavy (non-hydrogen) atoms. The average molecular weight is 386 g/mol. The molecule has 2 aromatic carbocycles. The first-order valence-corrected chi connectivity index (χ1v) is 10.0. The van der Waals surface area contributed by atoms with Gasteiger partial charge in [0.25, 0.3) is 0 Å². The van der Waals surface area contributed by atoms with Crippen LogP contribution in [0.1, 0.15) is 38.1 Å². The van der Waals surface area contributed by atoms with Crippen LogP contribution in [0.2, 0.25) is 0 Å². The highest BCUT2D eigenvalue weighted by atomic mass is 32.2. The highest BCUT2D eigenvalue weighted by Gasteiger charge is 2.52. The van der Waals surface area contributed by atoms with Crippen LogP contribution in [0.15, 0.2) is 56.0 Å². The SMILES string of the molecule is CC1(C)OB(c2cccc3c2Sc2ccc(C(=O)O)cc2S3)OC1(C)C. The summed E-state index contributed by atoms with van der Waals surface area (Å²) in [4.78, 5) is 15.5. The maximum absolute atomic E-state index is 11.2. The van der Waals surface area contributed by atoms with Gasteiger partial charge < -0.3 is 14.4 Å². The van der Waals surface area contributed by atoms with E-state index in [2.05, 4.69) is 6.07 Å². The van der Waals surface area contributed by atoms with E-state index in [1.54, 1.807) is 35.7 Å². The fourth-order valence-electron chi connectivity index (χ4n) is 2.91. The summed E-state index contributed by atoms with van der Waals surface area (Å²) in [5.74, 6) is -0.907. The fourth-order valence-corrected chi connectivity index (χ4v) is 5.33. The van der Waals surface area contributed by atoms with Crippen molar-refractivity contribution in [1.29, 1.82) is 0 Å². The summed E-state index contributed by atoms with van der Waals surface area (Å²) < 4.78 is 12.5. The number of carboxylic acid groups (broad SMARTS) is 1. The van der Waals surface area contributed by atoms with Crippen LogP contribution in [0, 0.1) is 0 Å². The zero-order valence-corrected chi connectivity index (χ0v) is 16.7. The first kappa shape index (κ1) is 18.0. The number of aromatic carboxylic acids is 1. The lowest BCUT2D eigenvalue weighted by Crippen LogP contribution is -2.41. The predicted octanol–water partition coefficient (Wildman–Crippen LogP) is 4.30. The molecule has 0 atom stereocenters. The molecule has 2 aromatic rings. The van der Waals surface area contributed by atoms with Crippen molar-refractivity contribution in [3.8, 4) is 0 Å². The van der Waals surface area contributed by atoms with Crippen LogP contribution in [-0.2, 0) is 9.31 Å². The molecule has 0 saturated carbocycles. The van der Waals surface area contributed by atoms with Crippen LogP contribution in [0.3, 0.4) is 0 Å². The summed E-state index contributed by atoms with van der Waals surface area (Å²) in [6.45, 7) is 8.19.